The predicted molar refractivity (Wildman–Crippen MR) is 224 cm³/mol. The minimum atomic E-state index is -0.271. The fourth-order valence-electron chi connectivity index (χ4n) is 7.84. The average Bonchev–Trinajstić information content (AvgIpc) is 4.05. The number of H-pyrrole nitrogens is 3. The fourth-order valence-corrected chi connectivity index (χ4v) is 7.84. The van der Waals surface area contributed by atoms with Crippen molar-refractivity contribution in [3.63, 3.8) is 0 Å². The van der Waals surface area contributed by atoms with Gasteiger partial charge in [-0.15, -0.1) is 0 Å². The van der Waals surface area contributed by atoms with Crippen molar-refractivity contribution in [3.05, 3.63) is 128 Å². The van der Waals surface area contributed by atoms with Gasteiger partial charge in [-0.05, 0) is 54.6 Å². The lowest BCUT2D eigenvalue weighted by Crippen LogP contribution is -2.49. The highest BCUT2D eigenvalue weighted by molar-refractivity contribution is 5.97. The van der Waals surface area contributed by atoms with Gasteiger partial charge in [0.2, 0.25) is 11.8 Å². The zero-order valence-corrected chi connectivity index (χ0v) is 32.7. The number of halogens is 3. The molecule has 308 valence electrons. The van der Waals surface area contributed by atoms with Gasteiger partial charge >= 0.3 is 0 Å². The number of aromatic amines is 3. The summed E-state index contributed by atoms with van der Waals surface area (Å²) in [5, 5.41) is 21.9. The number of amides is 2. The lowest BCUT2D eigenvalue weighted by atomic mass is 10.1. The number of rotatable bonds is 6. The molecule has 12 rings (SSSR count). The zero-order chi connectivity index (χ0) is 41.8. The number of nitrogens with zero attached hydrogens (tertiary/aromatic N) is 7. The Hall–Kier alpha value is -7.40. The van der Waals surface area contributed by atoms with Crippen LogP contribution >= 0.6 is 0 Å². The first kappa shape index (κ1) is 37.8. The second-order valence-corrected chi connectivity index (χ2v) is 15.5. The Morgan fingerprint density at radius 3 is 1.41 bits per heavy atom. The summed E-state index contributed by atoms with van der Waals surface area (Å²) < 4.78 is 45.1. The summed E-state index contributed by atoms with van der Waals surface area (Å²) in [6.45, 7) is 5.54. The summed E-state index contributed by atoms with van der Waals surface area (Å²) in [7, 11) is 0. The molecule has 0 bridgehead atoms. The van der Waals surface area contributed by atoms with E-state index < -0.39 is 0 Å². The van der Waals surface area contributed by atoms with Gasteiger partial charge in [-0.3, -0.25) is 23.6 Å². The molecular weight excluding hydrogens is 786 g/mol. The quantitative estimate of drug-likeness (QED) is 0.117. The van der Waals surface area contributed by atoms with Crippen molar-refractivity contribution in [2.45, 2.75) is 25.0 Å². The molecule has 3 saturated heterocycles. The normalized spacial score (nSPS) is 16.4. The largest absolute Gasteiger partial charge is 0.360 e. The molecule has 6 aromatic heterocycles. The maximum Gasteiger partial charge on any atom is 0.246 e. The Morgan fingerprint density at radius 1 is 0.607 bits per heavy atom. The summed E-state index contributed by atoms with van der Waals surface area (Å²) in [4.78, 5) is 33.6. The number of aromatic nitrogens is 9. The first-order chi connectivity index (χ1) is 29.6. The van der Waals surface area contributed by atoms with Gasteiger partial charge in [0.25, 0.3) is 0 Å². The molecule has 0 radical (unpaired) electrons. The van der Waals surface area contributed by atoms with E-state index in [1.165, 1.54) is 36.4 Å². The number of fused-ring (bicyclic) bond motifs is 3. The van der Waals surface area contributed by atoms with Crippen LogP contribution in [-0.2, 0) is 9.59 Å². The third kappa shape index (κ3) is 7.22. The number of hydrogen-bond acceptors (Lipinski definition) is 6. The number of carbonyl (C=O) groups excluding carboxylic acids is 2. The Morgan fingerprint density at radius 2 is 1.03 bits per heavy atom. The number of nitrogens with one attached hydrogen (secondary N) is 5. The summed E-state index contributed by atoms with van der Waals surface area (Å²) in [6.07, 6.45) is 16.9. The highest BCUT2D eigenvalue weighted by atomic mass is 19.1. The molecule has 0 spiro atoms. The number of benzene rings is 3. The molecule has 3 aliphatic heterocycles. The van der Waals surface area contributed by atoms with Crippen molar-refractivity contribution in [2.75, 3.05) is 32.7 Å². The van der Waals surface area contributed by atoms with Crippen molar-refractivity contribution in [3.8, 4) is 33.4 Å². The average molecular weight is 825 g/mol. The van der Waals surface area contributed by atoms with Crippen LogP contribution in [0.4, 0.5) is 13.2 Å². The Kier molecular flexibility index (Phi) is 9.51. The lowest BCUT2D eigenvalue weighted by molar-refractivity contribution is -0.134. The van der Waals surface area contributed by atoms with Gasteiger partial charge in [0.05, 0.1) is 30.7 Å². The lowest BCUT2D eigenvalue weighted by Gasteiger charge is -2.38. The number of likely N-dealkylation sites (tertiary alicyclic amines) is 1. The third-order valence-electron chi connectivity index (χ3n) is 11.6. The minimum absolute atomic E-state index is 0.0133. The van der Waals surface area contributed by atoms with E-state index in [-0.39, 0.29) is 41.3 Å². The smallest absolute Gasteiger partial charge is 0.246 e. The van der Waals surface area contributed by atoms with Crippen LogP contribution in [0.1, 0.15) is 25.0 Å². The maximum atomic E-state index is 13.2. The van der Waals surface area contributed by atoms with E-state index in [4.69, 9.17) is 0 Å². The molecule has 3 aliphatic rings. The van der Waals surface area contributed by atoms with Crippen LogP contribution in [0.15, 0.2) is 110 Å². The monoisotopic (exact) mass is 824 g/mol. The number of hydrogen-bond donors (Lipinski definition) is 5. The van der Waals surface area contributed by atoms with E-state index in [1.54, 1.807) is 40.9 Å². The summed E-state index contributed by atoms with van der Waals surface area (Å²) in [5.74, 6) is -0.664. The highest BCUT2D eigenvalue weighted by Crippen LogP contribution is 2.33. The first-order valence-corrected chi connectivity index (χ1v) is 19.8. The van der Waals surface area contributed by atoms with E-state index in [2.05, 4.69) is 47.1 Å². The zero-order valence-electron chi connectivity index (χ0n) is 32.7. The van der Waals surface area contributed by atoms with Crippen LogP contribution in [-0.4, -0.2) is 93.7 Å². The van der Waals surface area contributed by atoms with E-state index in [1.807, 2.05) is 52.7 Å². The molecule has 1 unspecified atom stereocenters. The SMILES string of the molecule is CC(=O)N1CC(n2cc(-c3c[nH]c4cc(F)ccc34)cn2)C1.Fc1ccc2c(-c3cnn(C4CNC4)c3)c[nH]c2c1.O=C1NCC1n1cc(-c2c[nH]c3cc(F)ccc23)cn1. The van der Waals surface area contributed by atoms with Gasteiger partial charge in [-0.25, -0.2) is 13.2 Å². The molecule has 2 amide bonds. The van der Waals surface area contributed by atoms with Crippen molar-refractivity contribution < 1.29 is 22.8 Å². The molecule has 0 aliphatic carbocycles. The summed E-state index contributed by atoms with van der Waals surface area (Å²) in [6, 6.07) is 14.6. The van der Waals surface area contributed by atoms with Crippen molar-refractivity contribution in [1.82, 2.24) is 59.8 Å². The summed E-state index contributed by atoms with van der Waals surface area (Å²) >= 11 is 0. The highest BCUT2D eigenvalue weighted by Gasteiger charge is 2.31. The number of carbonyl (C=O) groups is 2. The van der Waals surface area contributed by atoms with E-state index in [0.29, 0.717) is 25.7 Å². The number of β-lactam (4-membered cyclic amide) rings is 1. The molecule has 5 N–H and O–H groups in total. The Balaban J connectivity index is 0.000000110. The van der Waals surface area contributed by atoms with Crippen LogP contribution in [0, 0.1) is 17.5 Å². The van der Waals surface area contributed by atoms with E-state index >= 15 is 0 Å². The van der Waals surface area contributed by atoms with Crippen molar-refractivity contribution >= 4 is 44.5 Å². The van der Waals surface area contributed by atoms with E-state index in [9.17, 15) is 22.8 Å². The minimum Gasteiger partial charge on any atom is -0.360 e. The first-order valence-electron chi connectivity index (χ1n) is 19.8. The summed E-state index contributed by atoms with van der Waals surface area (Å²) in [5.41, 5.74) is 8.30. The standard InChI is InChI=1S/C16H15FN4O.C14H11FN4O.C14H13FN4/c1-10(22)20-8-13(9-20)21-7-11(5-19-21)15-6-18-16-4-12(17)2-3-14(15)16;15-9-1-2-10-11(5-16-12(10)3-9)8-4-18-19(7-8)13-6-17-14(13)20;15-10-1-2-12-13(7-17-14(12)3-10)9-4-18-19(8-9)11-5-16-6-11/h2-7,13,18H,8-9H2,1H3;1-5,7,13,16H,6H2,(H,17,20);1-4,7-8,11,16-17H,5-6H2. The molecule has 61 heavy (non-hydrogen) atoms. The van der Waals surface area contributed by atoms with Gasteiger partial charge in [0, 0.05) is 143 Å². The second-order valence-electron chi connectivity index (χ2n) is 15.5. The molecule has 1 atom stereocenters. The van der Waals surface area contributed by atoms with Gasteiger partial charge in [-0.2, -0.15) is 15.3 Å². The van der Waals surface area contributed by atoms with Gasteiger partial charge in [-0.1, -0.05) is 0 Å². The molecule has 9 heterocycles. The molecule has 3 fully saturated rings. The maximum absolute atomic E-state index is 13.2. The van der Waals surface area contributed by atoms with Crippen LogP contribution in [0.5, 0.6) is 0 Å². The predicted octanol–water partition coefficient (Wildman–Crippen LogP) is 6.73. The molecule has 17 heteroatoms. The van der Waals surface area contributed by atoms with E-state index in [0.717, 1.165) is 79.2 Å². The molecule has 9 aromatic rings. The van der Waals surface area contributed by atoms with Crippen LogP contribution in [0.3, 0.4) is 0 Å². The molecule has 0 saturated carbocycles. The van der Waals surface area contributed by atoms with Gasteiger partial charge < -0.3 is 30.5 Å². The van der Waals surface area contributed by atoms with Crippen molar-refractivity contribution in [2.24, 2.45) is 0 Å². The van der Waals surface area contributed by atoms with Gasteiger partial charge in [0.15, 0.2) is 0 Å². The Labute approximate surface area is 345 Å². The molecular formula is C44H39F3N12O2. The topological polar surface area (TPSA) is 162 Å². The second kappa shape index (κ2) is 15.3. The fraction of sp³-hybridized carbons (Fsp3) is 0.205. The van der Waals surface area contributed by atoms with Crippen LogP contribution < -0.4 is 10.6 Å². The van der Waals surface area contributed by atoms with Crippen LogP contribution in [0.25, 0.3) is 66.1 Å². The third-order valence-corrected chi connectivity index (χ3v) is 11.6. The molecule has 3 aromatic carbocycles. The van der Waals surface area contributed by atoms with Crippen molar-refractivity contribution in [1.29, 1.82) is 0 Å². The molecule has 14 nitrogen and oxygen atoms in total. The van der Waals surface area contributed by atoms with Crippen LogP contribution in [0.2, 0.25) is 0 Å². The van der Waals surface area contributed by atoms with Gasteiger partial charge in [0.1, 0.15) is 23.5 Å². The Bertz CT molecular complexity index is 3070.